The number of phenols is 1. The van der Waals surface area contributed by atoms with E-state index in [0.717, 1.165) is 0 Å². The van der Waals surface area contributed by atoms with E-state index < -0.39 is 34.4 Å². The van der Waals surface area contributed by atoms with Gasteiger partial charge in [0.1, 0.15) is 0 Å². The first-order valence-electron chi connectivity index (χ1n) is 4.51. The molecule has 2 N–H and O–H groups in total. The van der Waals surface area contributed by atoms with Gasteiger partial charge in [0.15, 0.2) is 23.2 Å². The zero-order valence-electron chi connectivity index (χ0n) is 7.73. The molecular formula is C10H9F3O2. The Kier molecular flexibility index (Phi) is 2.15. The number of hydrogen-bond acceptors (Lipinski definition) is 2. The van der Waals surface area contributed by atoms with Crippen molar-refractivity contribution in [2.24, 2.45) is 0 Å². The minimum Gasteiger partial charge on any atom is -0.505 e. The van der Waals surface area contributed by atoms with Gasteiger partial charge in [0, 0.05) is 18.1 Å². The smallest absolute Gasteiger partial charge is 0.168 e. The Morgan fingerprint density at radius 3 is 2.33 bits per heavy atom. The third-order valence-electron chi connectivity index (χ3n) is 2.57. The first-order valence-corrected chi connectivity index (χ1v) is 4.51. The van der Waals surface area contributed by atoms with Crippen LogP contribution in [0, 0.1) is 17.5 Å². The number of aromatic hydroxyl groups is 1. The second-order valence-corrected chi connectivity index (χ2v) is 3.88. The number of benzene rings is 1. The first kappa shape index (κ1) is 10.3. The van der Waals surface area contributed by atoms with Gasteiger partial charge in [-0.15, -0.1) is 0 Å². The van der Waals surface area contributed by atoms with Crippen molar-refractivity contribution in [3.63, 3.8) is 0 Å². The molecule has 0 saturated heterocycles. The summed E-state index contributed by atoms with van der Waals surface area (Å²) in [6.45, 7) is 0. The van der Waals surface area contributed by atoms with E-state index in [4.69, 9.17) is 0 Å². The average Bonchev–Trinajstić information content (AvgIpc) is 2.89. The minimum absolute atomic E-state index is 0.265. The predicted octanol–water partition coefficient (Wildman–Crippen LogP) is 1.88. The van der Waals surface area contributed by atoms with Crippen molar-refractivity contribution >= 4 is 0 Å². The molecule has 1 aromatic rings. The molecule has 1 saturated carbocycles. The highest BCUT2D eigenvalue weighted by molar-refractivity contribution is 5.37. The van der Waals surface area contributed by atoms with Crippen molar-refractivity contribution in [2.45, 2.75) is 24.9 Å². The molecule has 1 aromatic carbocycles. The summed E-state index contributed by atoms with van der Waals surface area (Å²) in [5, 5.41) is 18.7. The van der Waals surface area contributed by atoms with Crippen LogP contribution in [0.1, 0.15) is 18.4 Å². The summed E-state index contributed by atoms with van der Waals surface area (Å²) in [5.41, 5.74) is -1.61. The summed E-state index contributed by atoms with van der Waals surface area (Å²) >= 11 is 0. The Morgan fingerprint density at radius 1 is 1.20 bits per heavy atom. The fourth-order valence-electron chi connectivity index (χ4n) is 1.45. The summed E-state index contributed by atoms with van der Waals surface area (Å²) in [6.07, 6.45) is 0.632. The third-order valence-corrected chi connectivity index (χ3v) is 2.57. The highest BCUT2D eigenvalue weighted by Gasteiger charge is 2.42. The van der Waals surface area contributed by atoms with Crippen LogP contribution in [-0.2, 0) is 6.42 Å². The van der Waals surface area contributed by atoms with Crippen molar-refractivity contribution < 1.29 is 23.4 Å². The van der Waals surface area contributed by atoms with Crippen molar-refractivity contribution in [1.82, 2.24) is 0 Å². The van der Waals surface area contributed by atoms with E-state index in [1.807, 2.05) is 0 Å². The molecule has 0 aliphatic heterocycles. The van der Waals surface area contributed by atoms with E-state index in [9.17, 15) is 23.4 Å². The van der Waals surface area contributed by atoms with E-state index >= 15 is 0 Å². The van der Waals surface area contributed by atoms with Gasteiger partial charge in [-0.25, -0.2) is 13.2 Å². The van der Waals surface area contributed by atoms with E-state index in [1.54, 1.807) is 0 Å². The largest absolute Gasteiger partial charge is 0.505 e. The fraction of sp³-hybridized carbons (Fsp3) is 0.400. The lowest BCUT2D eigenvalue weighted by atomic mass is 10.0. The summed E-state index contributed by atoms with van der Waals surface area (Å²) in [5.74, 6) is -4.79. The predicted molar refractivity (Wildman–Crippen MR) is 45.9 cm³/mol. The summed E-state index contributed by atoms with van der Waals surface area (Å²) in [4.78, 5) is 0. The van der Waals surface area contributed by atoms with Crippen molar-refractivity contribution in [2.75, 3.05) is 0 Å². The van der Waals surface area contributed by atoms with Crippen LogP contribution in [0.25, 0.3) is 0 Å². The Balaban J connectivity index is 2.44. The molecule has 2 nitrogen and oxygen atoms in total. The molecule has 1 aliphatic carbocycles. The highest BCUT2D eigenvalue weighted by atomic mass is 19.2. The quantitative estimate of drug-likeness (QED) is 0.744. The lowest BCUT2D eigenvalue weighted by Crippen LogP contribution is -2.13. The molecule has 15 heavy (non-hydrogen) atoms. The molecule has 0 unspecified atom stereocenters. The second-order valence-electron chi connectivity index (χ2n) is 3.88. The summed E-state index contributed by atoms with van der Waals surface area (Å²) < 4.78 is 38.9. The van der Waals surface area contributed by atoms with Crippen LogP contribution in [0.15, 0.2) is 6.07 Å². The molecule has 1 fully saturated rings. The molecule has 0 aromatic heterocycles. The maximum Gasteiger partial charge on any atom is 0.168 e. The van der Waals surface area contributed by atoms with Gasteiger partial charge in [0.05, 0.1) is 5.60 Å². The SMILES string of the molecule is Oc1c(F)cc(F)c(F)c1CC1(O)CC1. The van der Waals surface area contributed by atoms with E-state index in [0.29, 0.717) is 12.8 Å². The Labute approximate surface area is 84.0 Å². The normalized spacial score (nSPS) is 17.9. The number of hydrogen-bond donors (Lipinski definition) is 2. The zero-order chi connectivity index (χ0) is 11.2. The Morgan fingerprint density at radius 2 is 1.80 bits per heavy atom. The van der Waals surface area contributed by atoms with Crippen LogP contribution in [0.3, 0.4) is 0 Å². The van der Waals surface area contributed by atoms with E-state index in [2.05, 4.69) is 0 Å². The van der Waals surface area contributed by atoms with Gasteiger partial charge in [0.2, 0.25) is 0 Å². The van der Waals surface area contributed by atoms with Crippen LogP contribution in [0.5, 0.6) is 5.75 Å². The second kappa shape index (κ2) is 3.13. The highest BCUT2D eigenvalue weighted by Crippen LogP contribution is 2.41. The maximum atomic E-state index is 13.2. The molecule has 0 spiro atoms. The number of aliphatic hydroxyl groups is 1. The molecule has 0 bridgehead atoms. The maximum absolute atomic E-state index is 13.2. The van der Waals surface area contributed by atoms with Gasteiger partial charge in [0.25, 0.3) is 0 Å². The number of rotatable bonds is 2. The average molecular weight is 218 g/mol. The van der Waals surface area contributed by atoms with Crippen LogP contribution in [0.2, 0.25) is 0 Å². The topological polar surface area (TPSA) is 40.5 Å². The van der Waals surface area contributed by atoms with Gasteiger partial charge in [-0.05, 0) is 12.8 Å². The lowest BCUT2D eigenvalue weighted by Gasteiger charge is -2.11. The summed E-state index contributed by atoms with van der Waals surface area (Å²) in [6, 6.07) is 0.283. The molecule has 0 amide bonds. The van der Waals surface area contributed by atoms with Crippen molar-refractivity contribution in [3.8, 4) is 5.75 Å². The Bertz CT molecular complexity index is 387. The number of halogens is 3. The molecule has 0 heterocycles. The molecule has 0 atom stereocenters. The van der Waals surface area contributed by atoms with Crippen LogP contribution < -0.4 is 0 Å². The van der Waals surface area contributed by atoms with Gasteiger partial charge in [-0.3, -0.25) is 0 Å². The van der Waals surface area contributed by atoms with Gasteiger partial charge >= 0.3 is 0 Å². The molecular weight excluding hydrogens is 209 g/mol. The monoisotopic (exact) mass is 218 g/mol. The van der Waals surface area contributed by atoms with Gasteiger partial charge in [-0.1, -0.05) is 0 Å². The number of phenolic OH excluding ortho intramolecular Hbond substituents is 1. The fourth-order valence-corrected chi connectivity index (χ4v) is 1.45. The first-order chi connectivity index (χ1) is 6.93. The van der Waals surface area contributed by atoms with Crippen molar-refractivity contribution in [3.05, 3.63) is 29.1 Å². The Hall–Kier alpha value is -1.23. The molecule has 2 rings (SSSR count). The zero-order valence-corrected chi connectivity index (χ0v) is 7.73. The lowest BCUT2D eigenvalue weighted by molar-refractivity contribution is 0.148. The van der Waals surface area contributed by atoms with E-state index in [1.165, 1.54) is 0 Å². The van der Waals surface area contributed by atoms with Gasteiger partial charge < -0.3 is 10.2 Å². The van der Waals surface area contributed by atoms with Crippen LogP contribution in [-0.4, -0.2) is 15.8 Å². The molecule has 5 heteroatoms. The minimum atomic E-state index is -1.36. The molecule has 0 radical (unpaired) electrons. The molecule has 82 valence electrons. The molecule has 1 aliphatic rings. The van der Waals surface area contributed by atoms with Crippen molar-refractivity contribution in [1.29, 1.82) is 0 Å². The van der Waals surface area contributed by atoms with Gasteiger partial charge in [-0.2, -0.15) is 0 Å². The standard InChI is InChI=1S/C10H9F3O2/c11-6-3-7(12)9(14)5(8(6)13)4-10(15)1-2-10/h3,14-15H,1-2,4H2. The third kappa shape index (κ3) is 1.79. The van der Waals surface area contributed by atoms with E-state index in [-0.39, 0.29) is 12.5 Å². The van der Waals surface area contributed by atoms with Crippen LogP contribution in [0.4, 0.5) is 13.2 Å². The van der Waals surface area contributed by atoms with Crippen LogP contribution >= 0.6 is 0 Å². The summed E-state index contributed by atoms with van der Waals surface area (Å²) in [7, 11) is 0.